The summed E-state index contributed by atoms with van der Waals surface area (Å²) in [6, 6.07) is 21.7. The molecule has 0 spiro atoms. The zero-order valence-electron chi connectivity index (χ0n) is 19.7. The van der Waals surface area contributed by atoms with Gasteiger partial charge in [-0.3, -0.25) is 9.10 Å². The quantitative estimate of drug-likeness (QED) is 0.566. The van der Waals surface area contributed by atoms with Crippen LogP contribution in [0.1, 0.15) is 33.8 Å². The van der Waals surface area contributed by atoms with Gasteiger partial charge in [0.05, 0.1) is 10.6 Å². The summed E-state index contributed by atoms with van der Waals surface area (Å²) in [7, 11) is -0.165. The lowest BCUT2D eigenvalue weighted by Gasteiger charge is -2.36. The number of piperidine rings is 1. The fourth-order valence-electron chi connectivity index (χ4n) is 5.21. The number of carbonyl (C=O) groups excluding carboxylic acids is 1. The van der Waals surface area contributed by atoms with E-state index in [0.29, 0.717) is 11.3 Å². The first-order valence-electron chi connectivity index (χ1n) is 11.5. The molecular formula is C27H29N3O3S. The second-order valence-corrected chi connectivity index (χ2v) is 11.3. The van der Waals surface area contributed by atoms with Crippen LogP contribution < -0.4 is 9.21 Å². The van der Waals surface area contributed by atoms with E-state index in [0.717, 1.165) is 25.2 Å². The number of amides is 1. The Kier molecular flexibility index (Phi) is 5.70. The topological polar surface area (TPSA) is 60.9 Å². The van der Waals surface area contributed by atoms with Gasteiger partial charge in [0, 0.05) is 36.8 Å². The smallest absolute Gasteiger partial charge is 0.264 e. The van der Waals surface area contributed by atoms with Crippen molar-refractivity contribution in [2.45, 2.75) is 30.2 Å². The van der Waals surface area contributed by atoms with E-state index < -0.39 is 10.0 Å². The van der Waals surface area contributed by atoms with Crippen LogP contribution in [0.5, 0.6) is 0 Å². The molecule has 2 atom stereocenters. The normalized spacial score (nSPS) is 20.0. The van der Waals surface area contributed by atoms with Gasteiger partial charge in [-0.25, -0.2) is 8.42 Å². The molecule has 5 rings (SSSR count). The molecule has 0 radical (unpaired) electrons. The minimum atomic E-state index is -3.81. The van der Waals surface area contributed by atoms with Crippen LogP contribution in [-0.2, 0) is 10.0 Å². The average molecular weight is 476 g/mol. The molecule has 176 valence electrons. The standard InChI is InChI=1S/C27H29N3O3S/c1-19-12-13-25-23(16-19)24-18-28(2)15-14-26(24)30(25)27(31)20-8-7-11-22(17-20)34(32,33)29(3)21-9-5-4-6-10-21/h4-13,16-17,24,26H,14-15,18H2,1-3H3. The van der Waals surface area contributed by atoms with E-state index in [1.54, 1.807) is 42.5 Å². The van der Waals surface area contributed by atoms with Crippen molar-refractivity contribution in [2.24, 2.45) is 0 Å². The molecule has 0 N–H and O–H groups in total. The number of rotatable bonds is 4. The van der Waals surface area contributed by atoms with Gasteiger partial charge >= 0.3 is 0 Å². The van der Waals surface area contributed by atoms with Crippen LogP contribution in [0.25, 0.3) is 0 Å². The molecule has 2 heterocycles. The lowest BCUT2D eigenvalue weighted by atomic mass is 9.88. The van der Waals surface area contributed by atoms with E-state index >= 15 is 0 Å². The summed E-state index contributed by atoms with van der Waals surface area (Å²) >= 11 is 0. The van der Waals surface area contributed by atoms with E-state index in [1.165, 1.54) is 28.5 Å². The van der Waals surface area contributed by atoms with Gasteiger partial charge in [-0.1, -0.05) is 42.0 Å². The van der Waals surface area contributed by atoms with Crippen LogP contribution in [0.15, 0.2) is 77.7 Å². The monoisotopic (exact) mass is 475 g/mol. The van der Waals surface area contributed by atoms with Gasteiger partial charge in [0.15, 0.2) is 0 Å². The van der Waals surface area contributed by atoms with Crippen molar-refractivity contribution in [3.63, 3.8) is 0 Å². The average Bonchev–Trinajstić information content (AvgIpc) is 3.16. The lowest BCUT2D eigenvalue weighted by molar-refractivity contribution is 0.0964. The van der Waals surface area contributed by atoms with Crippen LogP contribution in [0.4, 0.5) is 11.4 Å². The summed E-state index contributed by atoms with van der Waals surface area (Å²) in [5.41, 5.74) is 4.27. The molecule has 0 aliphatic carbocycles. The lowest BCUT2D eigenvalue weighted by Crippen LogP contribution is -2.47. The summed E-state index contributed by atoms with van der Waals surface area (Å²) in [6.45, 7) is 3.90. The molecule has 3 aromatic carbocycles. The van der Waals surface area contributed by atoms with Crippen LogP contribution >= 0.6 is 0 Å². The number of likely N-dealkylation sites (tertiary alicyclic amines) is 1. The summed E-state index contributed by atoms with van der Waals surface area (Å²) in [5.74, 6) is 0.107. The summed E-state index contributed by atoms with van der Waals surface area (Å²) in [6.07, 6.45) is 0.884. The maximum absolute atomic E-state index is 13.9. The molecule has 0 saturated carbocycles. The number of aryl methyl sites for hydroxylation is 1. The largest absolute Gasteiger partial charge is 0.306 e. The van der Waals surface area contributed by atoms with E-state index in [4.69, 9.17) is 0 Å². The van der Waals surface area contributed by atoms with E-state index in [-0.39, 0.29) is 22.8 Å². The SMILES string of the molecule is Cc1ccc2c(c1)C1CN(C)CCC1N2C(=O)c1cccc(S(=O)(=O)N(C)c2ccccc2)c1. The van der Waals surface area contributed by atoms with Crippen molar-refractivity contribution >= 4 is 27.3 Å². The Bertz CT molecular complexity index is 1340. The van der Waals surface area contributed by atoms with E-state index in [9.17, 15) is 13.2 Å². The number of hydrogen-bond acceptors (Lipinski definition) is 4. The number of carbonyl (C=O) groups is 1. The predicted molar refractivity (Wildman–Crippen MR) is 135 cm³/mol. The number of para-hydroxylation sites is 1. The highest BCUT2D eigenvalue weighted by Crippen LogP contribution is 2.45. The zero-order valence-corrected chi connectivity index (χ0v) is 20.5. The van der Waals surface area contributed by atoms with Crippen LogP contribution in [-0.4, -0.2) is 52.5 Å². The van der Waals surface area contributed by atoms with Crippen molar-refractivity contribution in [3.8, 4) is 0 Å². The molecular weight excluding hydrogens is 446 g/mol. The highest BCUT2D eigenvalue weighted by atomic mass is 32.2. The molecule has 0 bridgehead atoms. The number of hydrogen-bond donors (Lipinski definition) is 0. The Labute approximate surface area is 201 Å². The van der Waals surface area contributed by atoms with Gasteiger partial charge in [-0.2, -0.15) is 0 Å². The van der Waals surface area contributed by atoms with Crippen LogP contribution in [0.3, 0.4) is 0 Å². The highest BCUT2D eigenvalue weighted by Gasteiger charge is 2.44. The summed E-state index contributed by atoms with van der Waals surface area (Å²) in [5, 5.41) is 0. The van der Waals surface area contributed by atoms with Crippen molar-refractivity contribution in [1.82, 2.24) is 4.90 Å². The number of sulfonamides is 1. The van der Waals surface area contributed by atoms with E-state index in [2.05, 4.69) is 24.9 Å². The molecule has 7 heteroatoms. The van der Waals surface area contributed by atoms with Crippen molar-refractivity contribution in [2.75, 3.05) is 36.4 Å². The molecule has 2 unspecified atom stereocenters. The molecule has 1 saturated heterocycles. The molecule has 1 amide bonds. The second kappa shape index (κ2) is 8.56. The van der Waals surface area contributed by atoms with Gasteiger partial charge in [-0.05, 0) is 68.9 Å². The Balaban J connectivity index is 1.51. The third kappa shape index (κ3) is 3.79. The minimum absolute atomic E-state index is 0.0766. The maximum atomic E-state index is 13.9. The first kappa shape index (κ1) is 22.6. The molecule has 3 aromatic rings. The van der Waals surface area contributed by atoms with Crippen LogP contribution in [0.2, 0.25) is 0 Å². The second-order valence-electron chi connectivity index (χ2n) is 9.30. The zero-order chi connectivity index (χ0) is 24.0. The van der Waals surface area contributed by atoms with Crippen LogP contribution in [0, 0.1) is 6.92 Å². The predicted octanol–water partition coefficient (Wildman–Crippen LogP) is 4.27. The van der Waals surface area contributed by atoms with Gasteiger partial charge in [0.1, 0.15) is 0 Å². The molecule has 2 aliphatic heterocycles. The highest BCUT2D eigenvalue weighted by molar-refractivity contribution is 7.92. The number of nitrogens with zero attached hydrogens (tertiary/aromatic N) is 3. The first-order valence-corrected chi connectivity index (χ1v) is 13.0. The van der Waals surface area contributed by atoms with E-state index in [1.807, 2.05) is 23.1 Å². The van der Waals surface area contributed by atoms with Gasteiger partial charge < -0.3 is 9.80 Å². The van der Waals surface area contributed by atoms with Crippen molar-refractivity contribution < 1.29 is 13.2 Å². The Morgan fingerprint density at radius 3 is 2.53 bits per heavy atom. The number of fused-ring (bicyclic) bond motifs is 3. The van der Waals surface area contributed by atoms with Gasteiger partial charge in [0.2, 0.25) is 0 Å². The number of likely N-dealkylation sites (N-methyl/N-ethyl adjacent to an activating group) is 1. The fraction of sp³-hybridized carbons (Fsp3) is 0.296. The minimum Gasteiger partial charge on any atom is -0.306 e. The first-order chi connectivity index (χ1) is 16.3. The van der Waals surface area contributed by atoms with Crippen molar-refractivity contribution in [1.29, 1.82) is 0 Å². The number of benzene rings is 3. The number of anilines is 2. The van der Waals surface area contributed by atoms with Crippen molar-refractivity contribution in [3.05, 3.63) is 89.5 Å². The fourth-order valence-corrected chi connectivity index (χ4v) is 6.45. The Hall–Kier alpha value is -3.16. The third-order valence-corrected chi connectivity index (χ3v) is 8.81. The molecule has 2 aliphatic rings. The van der Waals surface area contributed by atoms with Gasteiger partial charge in [0.25, 0.3) is 15.9 Å². The molecule has 34 heavy (non-hydrogen) atoms. The molecule has 6 nitrogen and oxygen atoms in total. The Morgan fingerprint density at radius 1 is 1.00 bits per heavy atom. The summed E-state index contributed by atoms with van der Waals surface area (Å²) < 4.78 is 27.9. The molecule has 0 aromatic heterocycles. The third-order valence-electron chi connectivity index (χ3n) is 7.03. The molecule has 1 fully saturated rings. The van der Waals surface area contributed by atoms with Gasteiger partial charge in [-0.15, -0.1) is 0 Å². The summed E-state index contributed by atoms with van der Waals surface area (Å²) in [4.78, 5) is 18.2. The Morgan fingerprint density at radius 2 is 1.76 bits per heavy atom. The maximum Gasteiger partial charge on any atom is 0.264 e.